The van der Waals surface area contributed by atoms with E-state index in [-0.39, 0.29) is 10.9 Å². The van der Waals surface area contributed by atoms with E-state index in [0.29, 0.717) is 0 Å². The van der Waals surface area contributed by atoms with Crippen molar-refractivity contribution in [1.82, 2.24) is 9.97 Å². The molecule has 17 heavy (non-hydrogen) atoms. The minimum atomic E-state index is -4.65. The van der Waals surface area contributed by atoms with E-state index >= 15 is 0 Å². The van der Waals surface area contributed by atoms with Crippen molar-refractivity contribution >= 4 is 22.5 Å². The highest BCUT2D eigenvalue weighted by Gasteiger charge is 2.41. The fourth-order valence-electron chi connectivity index (χ4n) is 1.38. The van der Waals surface area contributed by atoms with Crippen LogP contribution in [0.3, 0.4) is 0 Å². The molecule has 0 amide bonds. The van der Waals surface area contributed by atoms with Crippen LogP contribution in [0.4, 0.5) is 13.2 Å². The van der Waals surface area contributed by atoms with Crippen molar-refractivity contribution < 1.29 is 13.2 Å². The Bertz CT molecular complexity index is 608. The van der Waals surface area contributed by atoms with Crippen LogP contribution in [0.2, 0.25) is 0 Å². The number of para-hydroxylation sites is 1. The maximum Gasteiger partial charge on any atom is 0.411 e. The summed E-state index contributed by atoms with van der Waals surface area (Å²) in [5, 5.41) is -2.10. The zero-order valence-electron chi connectivity index (χ0n) is 8.25. The SMILES string of the molecule is O=c1[nH]c(C(Cl)C(F)(F)F)nc2ccccc12. The van der Waals surface area contributed by atoms with Crippen LogP contribution < -0.4 is 5.56 Å². The molecule has 0 aliphatic carbocycles. The Labute approximate surface area is 98.2 Å². The first kappa shape index (κ1) is 11.9. The topological polar surface area (TPSA) is 45.8 Å². The van der Waals surface area contributed by atoms with Gasteiger partial charge in [-0.3, -0.25) is 4.79 Å². The van der Waals surface area contributed by atoms with Crippen molar-refractivity contribution in [2.45, 2.75) is 11.6 Å². The molecule has 0 aliphatic heterocycles. The van der Waals surface area contributed by atoms with E-state index in [2.05, 4.69) is 4.98 Å². The summed E-state index contributed by atoms with van der Waals surface area (Å²) >= 11 is 5.20. The molecule has 3 nitrogen and oxygen atoms in total. The third kappa shape index (κ3) is 2.26. The van der Waals surface area contributed by atoms with E-state index < -0.39 is 22.9 Å². The average molecular weight is 263 g/mol. The quantitative estimate of drug-likeness (QED) is 0.803. The Hall–Kier alpha value is -1.56. The second-order valence-electron chi connectivity index (χ2n) is 3.37. The third-order valence-corrected chi connectivity index (χ3v) is 2.61. The highest BCUT2D eigenvalue weighted by Crippen LogP contribution is 2.36. The Morgan fingerprint density at radius 3 is 2.59 bits per heavy atom. The van der Waals surface area contributed by atoms with Gasteiger partial charge < -0.3 is 4.98 Å². The first-order valence-corrected chi connectivity index (χ1v) is 5.03. The molecule has 1 heterocycles. The lowest BCUT2D eigenvalue weighted by molar-refractivity contribution is -0.133. The lowest BCUT2D eigenvalue weighted by Gasteiger charge is -2.12. The molecule has 0 aliphatic rings. The van der Waals surface area contributed by atoms with E-state index in [1.807, 2.05) is 4.98 Å². The number of aromatic amines is 1. The molecule has 1 aromatic heterocycles. The number of nitrogens with zero attached hydrogens (tertiary/aromatic N) is 1. The van der Waals surface area contributed by atoms with Gasteiger partial charge in [0.2, 0.25) is 0 Å². The van der Waals surface area contributed by atoms with Gasteiger partial charge in [0.25, 0.3) is 5.56 Å². The summed E-state index contributed by atoms with van der Waals surface area (Å²) in [5.41, 5.74) is -0.457. The minimum Gasteiger partial charge on any atom is -0.308 e. The van der Waals surface area contributed by atoms with Crippen molar-refractivity contribution in [1.29, 1.82) is 0 Å². The molecule has 1 aromatic carbocycles. The van der Waals surface area contributed by atoms with E-state index in [1.54, 1.807) is 12.1 Å². The van der Waals surface area contributed by atoms with Crippen LogP contribution in [0, 0.1) is 0 Å². The van der Waals surface area contributed by atoms with Gasteiger partial charge in [0.15, 0.2) is 5.38 Å². The number of nitrogens with one attached hydrogen (secondary N) is 1. The highest BCUT2D eigenvalue weighted by molar-refractivity contribution is 6.21. The van der Waals surface area contributed by atoms with Crippen molar-refractivity contribution in [3.8, 4) is 0 Å². The lowest BCUT2D eigenvalue weighted by atomic mass is 10.2. The van der Waals surface area contributed by atoms with Gasteiger partial charge >= 0.3 is 6.18 Å². The number of hydrogen-bond donors (Lipinski definition) is 1. The molecule has 1 atom stereocenters. The van der Waals surface area contributed by atoms with Crippen LogP contribution in [0.15, 0.2) is 29.1 Å². The van der Waals surface area contributed by atoms with Crippen LogP contribution in [0.25, 0.3) is 10.9 Å². The highest BCUT2D eigenvalue weighted by atomic mass is 35.5. The van der Waals surface area contributed by atoms with E-state index in [4.69, 9.17) is 11.6 Å². The molecule has 90 valence electrons. The van der Waals surface area contributed by atoms with Gasteiger partial charge in [-0.05, 0) is 12.1 Å². The molecule has 2 rings (SSSR count). The molecule has 0 saturated heterocycles. The van der Waals surface area contributed by atoms with Crippen molar-refractivity contribution in [3.05, 3.63) is 40.4 Å². The Kier molecular flexibility index (Phi) is 2.82. The second-order valence-corrected chi connectivity index (χ2v) is 3.81. The van der Waals surface area contributed by atoms with E-state index in [9.17, 15) is 18.0 Å². The monoisotopic (exact) mass is 262 g/mol. The van der Waals surface area contributed by atoms with Gasteiger partial charge in [-0.2, -0.15) is 13.2 Å². The first-order chi connectivity index (χ1) is 7.89. The van der Waals surface area contributed by atoms with Crippen molar-refractivity contribution in [2.24, 2.45) is 0 Å². The zero-order valence-corrected chi connectivity index (χ0v) is 9.01. The van der Waals surface area contributed by atoms with Crippen LogP contribution in [-0.4, -0.2) is 16.1 Å². The number of H-pyrrole nitrogens is 1. The number of rotatable bonds is 1. The average Bonchev–Trinajstić information content (AvgIpc) is 2.27. The van der Waals surface area contributed by atoms with Gasteiger partial charge in [0.05, 0.1) is 10.9 Å². The summed E-state index contributed by atoms with van der Waals surface area (Å²) in [5.74, 6) is -0.595. The Morgan fingerprint density at radius 1 is 1.29 bits per heavy atom. The van der Waals surface area contributed by atoms with Gasteiger partial charge in [0, 0.05) is 0 Å². The minimum absolute atomic E-state index is 0.182. The van der Waals surface area contributed by atoms with Gasteiger partial charge in [-0.15, -0.1) is 11.6 Å². The van der Waals surface area contributed by atoms with Crippen LogP contribution in [0.1, 0.15) is 11.2 Å². The maximum absolute atomic E-state index is 12.4. The van der Waals surface area contributed by atoms with Gasteiger partial charge in [-0.25, -0.2) is 4.98 Å². The summed E-state index contributed by atoms with van der Waals surface area (Å²) in [6.07, 6.45) is -4.65. The number of benzene rings is 1. The summed E-state index contributed by atoms with van der Waals surface area (Å²) in [6.45, 7) is 0. The number of fused-ring (bicyclic) bond motifs is 1. The molecule has 0 bridgehead atoms. The molecular weight excluding hydrogens is 257 g/mol. The fourth-order valence-corrected chi connectivity index (χ4v) is 1.48. The molecule has 0 spiro atoms. The number of hydrogen-bond acceptors (Lipinski definition) is 2. The zero-order chi connectivity index (χ0) is 12.6. The standard InChI is InChI=1S/C10H6ClF3N2O/c11-7(10(12,13)14)8-15-6-4-2-1-3-5(6)9(17)16-8/h1-4,7H,(H,15,16,17). The smallest absolute Gasteiger partial charge is 0.308 e. The van der Waals surface area contributed by atoms with Crippen LogP contribution in [0.5, 0.6) is 0 Å². The molecule has 0 fully saturated rings. The number of aromatic nitrogens is 2. The largest absolute Gasteiger partial charge is 0.411 e. The molecule has 1 unspecified atom stereocenters. The Balaban J connectivity index is 2.62. The van der Waals surface area contributed by atoms with Crippen LogP contribution >= 0.6 is 11.6 Å². The summed E-state index contributed by atoms with van der Waals surface area (Å²) in [4.78, 5) is 17.2. The molecule has 0 saturated carbocycles. The van der Waals surface area contributed by atoms with E-state index in [0.717, 1.165) is 0 Å². The van der Waals surface area contributed by atoms with Gasteiger partial charge in [0.1, 0.15) is 5.82 Å². The summed E-state index contributed by atoms with van der Waals surface area (Å²) < 4.78 is 37.1. The fraction of sp³-hybridized carbons (Fsp3) is 0.200. The number of alkyl halides is 4. The van der Waals surface area contributed by atoms with Crippen molar-refractivity contribution in [3.63, 3.8) is 0 Å². The molecular formula is C10H6ClF3N2O. The normalized spacial score (nSPS) is 13.9. The third-order valence-electron chi connectivity index (χ3n) is 2.16. The predicted molar refractivity (Wildman–Crippen MR) is 57.0 cm³/mol. The first-order valence-electron chi connectivity index (χ1n) is 4.59. The molecule has 0 radical (unpaired) electrons. The summed E-state index contributed by atoms with van der Waals surface area (Å²) in [6, 6.07) is 6.10. The predicted octanol–water partition coefficient (Wildman–Crippen LogP) is 2.77. The second kappa shape index (κ2) is 4.03. The Morgan fingerprint density at radius 2 is 1.94 bits per heavy atom. The summed E-state index contributed by atoms with van der Waals surface area (Å²) in [7, 11) is 0. The maximum atomic E-state index is 12.4. The van der Waals surface area contributed by atoms with E-state index in [1.165, 1.54) is 12.1 Å². The van der Waals surface area contributed by atoms with Gasteiger partial charge in [-0.1, -0.05) is 12.1 Å². The number of halogens is 4. The van der Waals surface area contributed by atoms with Crippen LogP contribution in [-0.2, 0) is 0 Å². The lowest BCUT2D eigenvalue weighted by Crippen LogP contribution is -2.22. The molecule has 1 N–H and O–H groups in total. The molecule has 7 heteroatoms. The van der Waals surface area contributed by atoms with Crippen molar-refractivity contribution in [2.75, 3.05) is 0 Å². The molecule has 2 aromatic rings.